The van der Waals surface area contributed by atoms with Crippen LogP contribution in [0, 0.1) is 0 Å². The first-order valence-corrected chi connectivity index (χ1v) is 7.81. The molecule has 2 N–H and O–H groups in total. The summed E-state index contributed by atoms with van der Waals surface area (Å²) in [6.07, 6.45) is 0. The number of anilines is 1. The van der Waals surface area contributed by atoms with Crippen LogP contribution in [-0.2, 0) is 14.3 Å². The van der Waals surface area contributed by atoms with E-state index in [9.17, 15) is 19.2 Å². The number of hydrogen-bond acceptors (Lipinski definition) is 5. The van der Waals surface area contributed by atoms with Gasteiger partial charge >= 0.3 is 12.0 Å². The Labute approximate surface area is 143 Å². The van der Waals surface area contributed by atoms with Gasteiger partial charge in [0.05, 0.1) is 25.8 Å². The molecular formula is C16H18N4O5. The summed E-state index contributed by atoms with van der Waals surface area (Å²) < 4.78 is 4.62. The molecule has 0 bridgehead atoms. The van der Waals surface area contributed by atoms with Crippen LogP contribution in [-0.4, -0.2) is 72.9 Å². The smallest absolute Gasteiger partial charge is 0.337 e. The summed E-state index contributed by atoms with van der Waals surface area (Å²) in [5.41, 5.74) is 0.899. The Balaban J connectivity index is 1.63. The van der Waals surface area contributed by atoms with E-state index in [0.717, 1.165) is 0 Å². The zero-order valence-corrected chi connectivity index (χ0v) is 13.7. The second-order valence-electron chi connectivity index (χ2n) is 5.77. The number of esters is 1. The molecule has 9 heteroatoms. The fourth-order valence-electron chi connectivity index (χ4n) is 2.88. The Morgan fingerprint density at radius 3 is 2.60 bits per heavy atom. The van der Waals surface area contributed by atoms with Gasteiger partial charge in [0.25, 0.3) is 0 Å². The standard InChI is InChI=1S/C16H18N4O5/c1-25-15(23)10-2-4-11(5-3-10)18-16(24)19-6-7-20-12(9-19)14(22)17-8-13(20)21/h2-5,12H,6-9H2,1H3,(H,17,22)(H,18,24)/t12-/m0/s1. The van der Waals surface area contributed by atoms with E-state index in [4.69, 9.17) is 0 Å². The summed E-state index contributed by atoms with van der Waals surface area (Å²) >= 11 is 0. The Morgan fingerprint density at radius 1 is 1.20 bits per heavy atom. The number of hydrogen-bond donors (Lipinski definition) is 2. The van der Waals surface area contributed by atoms with Crippen LogP contribution in [0.1, 0.15) is 10.4 Å². The fourth-order valence-corrected chi connectivity index (χ4v) is 2.88. The maximum Gasteiger partial charge on any atom is 0.337 e. The minimum absolute atomic E-state index is 0.00801. The van der Waals surface area contributed by atoms with Crippen molar-refractivity contribution in [1.29, 1.82) is 0 Å². The van der Waals surface area contributed by atoms with Crippen molar-refractivity contribution in [2.75, 3.05) is 38.6 Å². The third-order valence-electron chi connectivity index (χ3n) is 4.26. The van der Waals surface area contributed by atoms with Gasteiger partial charge in [0.2, 0.25) is 11.8 Å². The van der Waals surface area contributed by atoms with E-state index in [1.54, 1.807) is 24.3 Å². The molecule has 0 saturated carbocycles. The topological polar surface area (TPSA) is 108 Å². The number of urea groups is 1. The Morgan fingerprint density at radius 2 is 1.92 bits per heavy atom. The van der Waals surface area contributed by atoms with E-state index in [1.165, 1.54) is 16.9 Å². The number of ether oxygens (including phenoxy) is 1. The number of carbonyl (C=O) groups excluding carboxylic acids is 4. The molecule has 25 heavy (non-hydrogen) atoms. The molecule has 132 valence electrons. The number of nitrogens with one attached hydrogen (secondary N) is 2. The van der Waals surface area contributed by atoms with E-state index in [1.807, 2.05) is 0 Å². The highest BCUT2D eigenvalue weighted by Gasteiger charge is 2.39. The van der Waals surface area contributed by atoms with Crippen LogP contribution >= 0.6 is 0 Å². The van der Waals surface area contributed by atoms with Crippen LogP contribution in [0.5, 0.6) is 0 Å². The van der Waals surface area contributed by atoms with Crippen LogP contribution in [0.2, 0.25) is 0 Å². The maximum absolute atomic E-state index is 12.4. The van der Waals surface area contributed by atoms with E-state index >= 15 is 0 Å². The molecule has 1 aromatic carbocycles. The van der Waals surface area contributed by atoms with Gasteiger partial charge in [-0.05, 0) is 24.3 Å². The molecule has 4 amide bonds. The summed E-state index contributed by atoms with van der Waals surface area (Å²) in [7, 11) is 1.30. The molecule has 0 aromatic heterocycles. The molecule has 0 spiro atoms. The lowest BCUT2D eigenvalue weighted by Gasteiger charge is -2.42. The molecule has 2 saturated heterocycles. The molecule has 3 rings (SSSR count). The van der Waals surface area contributed by atoms with E-state index in [0.29, 0.717) is 24.3 Å². The summed E-state index contributed by atoms with van der Waals surface area (Å²) in [6.45, 7) is 0.824. The quantitative estimate of drug-likeness (QED) is 0.712. The lowest BCUT2D eigenvalue weighted by molar-refractivity contribution is -0.148. The number of carbonyl (C=O) groups is 4. The first-order chi connectivity index (χ1) is 12.0. The molecule has 0 radical (unpaired) electrons. The van der Waals surface area contributed by atoms with Gasteiger partial charge < -0.3 is 25.2 Å². The average Bonchev–Trinajstić information content (AvgIpc) is 2.64. The zero-order chi connectivity index (χ0) is 18.0. The number of rotatable bonds is 2. The van der Waals surface area contributed by atoms with Crippen molar-refractivity contribution >= 4 is 29.5 Å². The highest BCUT2D eigenvalue weighted by Crippen LogP contribution is 2.16. The van der Waals surface area contributed by atoms with E-state index in [-0.39, 0.29) is 30.9 Å². The van der Waals surface area contributed by atoms with Crippen LogP contribution in [0.15, 0.2) is 24.3 Å². The average molecular weight is 346 g/mol. The lowest BCUT2D eigenvalue weighted by atomic mass is 10.1. The highest BCUT2D eigenvalue weighted by molar-refractivity contribution is 5.96. The van der Waals surface area contributed by atoms with Crippen LogP contribution < -0.4 is 10.6 Å². The summed E-state index contributed by atoms with van der Waals surface area (Å²) in [6, 6.07) is 5.27. The van der Waals surface area contributed by atoms with Gasteiger partial charge in [-0.2, -0.15) is 0 Å². The van der Waals surface area contributed by atoms with Gasteiger partial charge in [0.1, 0.15) is 6.04 Å². The third-order valence-corrected chi connectivity index (χ3v) is 4.26. The van der Waals surface area contributed by atoms with Crippen molar-refractivity contribution in [1.82, 2.24) is 15.1 Å². The number of nitrogens with zero attached hydrogens (tertiary/aromatic N) is 2. The first kappa shape index (κ1) is 16.7. The first-order valence-electron chi connectivity index (χ1n) is 7.81. The monoisotopic (exact) mass is 346 g/mol. The maximum atomic E-state index is 12.4. The molecular weight excluding hydrogens is 328 g/mol. The van der Waals surface area contributed by atoms with Gasteiger partial charge in [-0.25, -0.2) is 9.59 Å². The summed E-state index contributed by atoms with van der Waals surface area (Å²) in [4.78, 5) is 50.5. The molecule has 1 aromatic rings. The predicted octanol–water partition coefficient (Wildman–Crippen LogP) is -0.352. The van der Waals surface area contributed by atoms with Crippen molar-refractivity contribution in [3.05, 3.63) is 29.8 Å². The Kier molecular flexibility index (Phi) is 4.55. The Bertz CT molecular complexity index is 718. The molecule has 0 unspecified atom stereocenters. The molecule has 2 aliphatic rings. The molecule has 2 fully saturated rings. The van der Waals surface area contributed by atoms with Gasteiger partial charge in [-0.15, -0.1) is 0 Å². The van der Waals surface area contributed by atoms with Gasteiger partial charge in [0, 0.05) is 18.8 Å². The van der Waals surface area contributed by atoms with Crippen molar-refractivity contribution in [3.8, 4) is 0 Å². The number of amides is 4. The summed E-state index contributed by atoms with van der Waals surface area (Å²) in [5, 5.41) is 5.25. The minimum Gasteiger partial charge on any atom is -0.465 e. The summed E-state index contributed by atoms with van der Waals surface area (Å²) in [5.74, 6) is -0.843. The van der Waals surface area contributed by atoms with Crippen LogP contribution in [0.3, 0.4) is 0 Å². The highest BCUT2D eigenvalue weighted by atomic mass is 16.5. The van der Waals surface area contributed by atoms with Gasteiger partial charge in [-0.1, -0.05) is 0 Å². The second-order valence-corrected chi connectivity index (χ2v) is 5.77. The van der Waals surface area contributed by atoms with Crippen molar-refractivity contribution in [2.45, 2.75) is 6.04 Å². The van der Waals surface area contributed by atoms with E-state index < -0.39 is 12.0 Å². The minimum atomic E-state index is -0.651. The van der Waals surface area contributed by atoms with Gasteiger partial charge in [0.15, 0.2) is 0 Å². The molecule has 2 aliphatic heterocycles. The normalized spacial score (nSPS) is 19.8. The second kappa shape index (κ2) is 6.80. The Hall–Kier alpha value is -3.10. The van der Waals surface area contributed by atoms with Crippen LogP contribution in [0.4, 0.5) is 10.5 Å². The van der Waals surface area contributed by atoms with Crippen molar-refractivity contribution in [2.24, 2.45) is 0 Å². The number of benzene rings is 1. The largest absolute Gasteiger partial charge is 0.465 e. The zero-order valence-electron chi connectivity index (χ0n) is 13.7. The lowest BCUT2D eigenvalue weighted by Crippen LogP contribution is -2.66. The third kappa shape index (κ3) is 3.39. The molecule has 0 aliphatic carbocycles. The fraction of sp³-hybridized carbons (Fsp3) is 0.375. The van der Waals surface area contributed by atoms with E-state index in [2.05, 4.69) is 15.4 Å². The number of methoxy groups -OCH3 is 1. The van der Waals surface area contributed by atoms with Crippen molar-refractivity contribution in [3.63, 3.8) is 0 Å². The predicted molar refractivity (Wildman–Crippen MR) is 86.9 cm³/mol. The molecule has 9 nitrogen and oxygen atoms in total. The molecule has 2 heterocycles. The number of fused-ring (bicyclic) bond motifs is 1. The SMILES string of the molecule is COC(=O)c1ccc(NC(=O)N2CCN3C(=O)CNC(=O)[C@@H]3C2)cc1. The van der Waals surface area contributed by atoms with Gasteiger partial charge in [-0.3, -0.25) is 9.59 Å². The molecule has 1 atom stereocenters. The number of piperazine rings is 2. The van der Waals surface area contributed by atoms with Crippen LogP contribution in [0.25, 0.3) is 0 Å². The van der Waals surface area contributed by atoms with Crippen molar-refractivity contribution < 1.29 is 23.9 Å².